The third-order valence-electron chi connectivity index (χ3n) is 2.42. The van der Waals surface area contributed by atoms with Gasteiger partial charge < -0.3 is 15.4 Å². The number of hydrogen-bond acceptors (Lipinski definition) is 3. The lowest BCUT2D eigenvalue weighted by molar-refractivity contribution is 0.183. The highest BCUT2D eigenvalue weighted by molar-refractivity contribution is 14.1. The number of nitrogens with two attached hydrogens (primary N) is 1. The van der Waals surface area contributed by atoms with Crippen LogP contribution < -0.4 is 10.6 Å². The van der Waals surface area contributed by atoms with Crippen molar-refractivity contribution in [3.05, 3.63) is 21.8 Å². The Balaban J connectivity index is 2.86. The van der Waals surface area contributed by atoms with Gasteiger partial charge in [-0.3, -0.25) is 0 Å². The molecule has 1 rings (SSSR count). The second kappa shape index (κ2) is 5.55. The van der Waals surface area contributed by atoms with Gasteiger partial charge in [0.25, 0.3) is 0 Å². The molecule has 0 aromatic heterocycles. The molecule has 3 nitrogen and oxygen atoms in total. The van der Waals surface area contributed by atoms with Gasteiger partial charge >= 0.3 is 0 Å². The number of likely N-dealkylation sites (N-methyl/N-ethyl adjacent to an activating group) is 1. The van der Waals surface area contributed by atoms with Crippen LogP contribution in [0.3, 0.4) is 0 Å². The molecule has 0 amide bonds. The van der Waals surface area contributed by atoms with E-state index in [1.807, 2.05) is 18.2 Å². The van der Waals surface area contributed by atoms with E-state index in [0.29, 0.717) is 6.04 Å². The monoisotopic (exact) mass is 320 g/mol. The number of hydrogen-bond donors (Lipinski definition) is 1. The van der Waals surface area contributed by atoms with E-state index in [1.54, 1.807) is 7.11 Å². The molecule has 0 aliphatic rings. The van der Waals surface area contributed by atoms with Crippen molar-refractivity contribution < 1.29 is 4.74 Å². The first-order valence-corrected chi connectivity index (χ1v) is 5.91. The van der Waals surface area contributed by atoms with E-state index < -0.39 is 0 Å². The summed E-state index contributed by atoms with van der Waals surface area (Å²) in [6, 6.07) is 6.30. The average Bonchev–Trinajstić information content (AvgIpc) is 2.17. The number of nitrogens with zero attached hydrogens (tertiary/aromatic N) is 1. The van der Waals surface area contributed by atoms with Gasteiger partial charge in [0.05, 0.1) is 12.3 Å². The molecule has 1 atom stereocenters. The second-order valence-electron chi connectivity index (χ2n) is 3.63. The standard InChI is InChI=1S/C11H17IN2O/c1-8(7-15-3)14(2)11-5-4-9(13)6-10(11)12/h4-6,8H,7,13H2,1-3H3. The summed E-state index contributed by atoms with van der Waals surface area (Å²) in [5.74, 6) is 0. The Labute approximate surface area is 105 Å². The Morgan fingerprint density at radius 1 is 1.53 bits per heavy atom. The van der Waals surface area contributed by atoms with Crippen molar-refractivity contribution in [2.75, 3.05) is 31.4 Å². The lowest BCUT2D eigenvalue weighted by Gasteiger charge is -2.27. The van der Waals surface area contributed by atoms with Crippen molar-refractivity contribution in [2.45, 2.75) is 13.0 Å². The van der Waals surface area contributed by atoms with E-state index in [0.717, 1.165) is 15.9 Å². The summed E-state index contributed by atoms with van der Waals surface area (Å²) in [6.07, 6.45) is 0. The van der Waals surface area contributed by atoms with Crippen LogP contribution in [0, 0.1) is 3.57 Å². The molecule has 84 valence electrons. The Bertz CT molecular complexity index is 330. The minimum atomic E-state index is 0.354. The molecule has 0 saturated carbocycles. The molecule has 0 aliphatic heterocycles. The van der Waals surface area contributed by atoms with Crippen molar-refractivity contribution in [1.29, 1.82) is 0 Å². The molecule has 0 bridgehead atoms. The quantitative estimate of drug-likeness (QED) is 0.684. The largest absolute Gasteiger partial charge is 0.399 e. The maximum Gasteiger partial charge on any atom is 0.0663 e. The van der Waals surface area contributed by atoms with E-state index >= 15 is 0 Å². The van der Waals surface area contributed by atoms with Crippen LogP contribution in [0.1, 0.15) is 6.92 Å². The molecular weight excluding hydrogens is 303 g/mol. The summed E-state index contributed by atoms with van der Waals surface area (Å²) < 4.78 is 6.31. The predicted octanol–water partition coefficient (Wildman–Crippen LogP) is 2.34. The van der Waals surface area contributed by atoms with Gasteiger partial charge in [-0.25, -0.2) is 0 Å². The second-order valence-corrected chi connectivity index (χ2v) is 4.79. The highest BCUT2D eigenvalue weighted by Crippen LogP contribution is 2.25. The van der Waals surface area contributed by atoms with Crippen LogP contribution in [-0.2, 0) is 4.74 Å². The first-order chi connectivity index (χ1) is 7.06. The molecule has 0 radical (unpaired) electrons. The van der Waals surface area contributed by atoms with Gasteiger partial charge in [-0.1, -0.05) is 0 Å². The fourth-order valence-corrected chi connectivity index (χ4v) is 2.32. The average molecular weight is 320 g/mol. The molecule has 0 saturated heterocycles. The van der Waals surface area contributed by atoms with Gasteiger partial charge in [-0.15, -0.1) is 0 Å². The number of halogens is 1. The maximum absolute atomic E-state index is 5.71. The van der Waals surface area contributed by atoms with Crippen LogP contribution in [0.15, 0.2) is 18.2 Å². The number of benzene rings is 1. The highest BCUT2D eigenvalue weighted by atomic mass is 127. The first kappa shape index (κ1) is 12.6. The van der Waals surface area contributed by atoms with Crippen LogP contribution in [-0.4, -0.2) is 26.8 Å². The van der Waals surface area contributed by atoms with Crippen LogP contribution in [0.25, 0.3) is 0 Å². The molecule has 2 N–H and O–H groups in total. The van der Waals surface area contributed by atoms with Crippen LogP contribution in [0.5, 0.6) is 0 Å². The minimum Gasteiger partial charge on any atom is -0.399 e. The van der Waals surface area contributed by atoms with Gasteiger partial charge in [-0.2, -0.15) is 0 Å². The summed E-state index contributed by atoms with van der Waals surface area (Å²) in [6.45, 7) is 2.85. The van der Waals surface area contributed by atoms with E-state index in [9.17, 15) is 0 Å². The molecule has 1 aromatic carbocycles. The summed E-state index contributed by atoms with van der Waals surface area (Å²) in [5, 5.41) is 0. The predicted molar refractivity (Wildman–Crippen MR) is 73.3 cm³/mol. The zero-order valence-corrected chi connectivity index (χ0v) is 11.5. The summed E-state index contributed by atoms with van der Waals surface area (Å²) in [5.41, 5.74) is 7.71. The Hall–Kier alpha value is -0.490. The number of nitrogen functional groups attached to an aromatic ring is 1. The molecular formula is C11H17IN2O. The van der Waals surface area contributed by atoms with Crippen LogP contribution in [0.2, 0.25) is 0 Å². The summed E-state index contributed by atoms with van der Waals surface area (Å²) in [4.78, 5) is 2.20. The highest BCUT2D eigenvalue weighted by Gasteiger charge is 2.12. The Morgan fingerprint density at radius 3 is 2.73 bits per heavy atom. The molecule has 0 fully saturated rings. The van der Waals surface area contributed by atoms with Crippen LogP contribution >= 0.6 is 22.6 Å². The number of anilines is 2. The summed E-state index contributed by atoms with van der Waals surface area (Å²) in [7, 11) is 3.79. The number of methoxy groups -OCH3 is 1. The normalized spacial score (nSPS) is 12.5. The topological polar surface area (TPSA) is 38.5 Å². The zero-order valence-electron chi connectivity index (χ0n) is 9.33. The third-order valence-corrected chi connectivity index (χ3v) is 3.28. The van der Waals surface area contributed by atoms with Crippen molar-refractivity contribution in [2.24, 2.45) is 0 Å². The lowest BCUT2D eigenvalue weighted by Crippen LogP contribution is -2.33. The Morgan fingerprint density at radius 2 is 2.20 bits per heavy atom. The smallest absolute Gasteiger partial charge is 0.0663 e. The molecule has 0 heterocycles. The molecule has 4 heteroatoms. The minimum absolute atomic E-state index is 0.354. The molecule has 0 aliphatic carbocycles. The SMILES string of the molecule is COCC(C)N(C)c1ccc(N)cc1I. The van der Waals surface area contributed by atoms with Crippen molar-refractivity contribution >= 4 is 34.0 Å². The van der Waals surface area contributed by atoms with Gasteiger partial charge in [0.2, 0.25) is 0 Å². The fraction of sp³-hybridized carbons (Fsp3) is 0.455. The van der Waals surface area contributed by atoms with Gasteiger partial charge in [0.1, 0.15) is 0 Å². The van der Waals surface area contributed by atoms with E-state index in [2.05, 4.69) is 41.5 Å². The lowest BCUT2D eigenvalue weighted by atomic mass is 10.2. The van der Waals surface area contributed by atoms with E-state index in [4.69, 9.17) is 10.5 Å². The number of rotatable bonds is 4. The number of ether oxygens (including phenoxy) is 1. The molecule has 0 spiro atoms. The summed E-state index contributed by atoms with van der Waals surface area (Å²) >= 11 is 2.30. The zero-order chi connectivity index (χ0) is 11.4. The van der Waals surface area contributed by atoms with Gasteiger partial charge in [-0.05, 0) is 47.7 Å². The molecule has 1 unspecified atom stereocenters. The van der Waals surface area contributed by atoms with Crippen molar-refractivity contribution in [3.8, 4) is 0 Å². The fourth-order valence-electron chi connectivity index (χ4n) is 1.40. The molecule has 1 aromatic rings. The Kier molecular flexibility index (Phi) is 4.66. The van der Waals surface area contributed by atoms with Gasteiger partial charge in [0, 0.05) is 29.5 Å². The van der Waals surface area contributed by atoms with Crippen molar-refractivity contribution in [1.82, 2.24) is 0 Å². The first-order valence-electron chi connectivity index (χ1n) is 4.83. The third kappa shape index (κ3) is 3.24. The maximum atomic E-state index is 5.71. The van der Waals surface area contributed by atoms with Crippen LogP contribution in [0.4, 0.5) is 11.4 Å². The van der Waals surface area contributed by atoms with Crippen molar-refractivity contribution in [3.63, 3.8) is 0 Å². The van der Waals surface area contributed by atoms with Gasteiger partial charge in [0.15, 0.2) is 0 Å². The molecule has 15 heavy (non-hydrogen) atoms. The van der Waals surface area contributed by atoms with E-state index in [-0.39, 0.29) is 0 Å². The van der Waals surface area contributed by atoms with E-state index in [1.165, 1.54) is 5.69 Å².